The molecular formula is C22H24N2O3. The molecule has 0 heterocycles. The van der Waals surface area contributed by atoms with Gasteiger partial charge in [0.2, 0.25) is 0 Å². The molecule has 0 fully saturated rings. The summed E-state index contributed by atoms with van der Waals surface area (Å²) in [6, 6.07) is 13.0. The molecule has 0 atom stereocenters. The van der Waals surface area contributed by atoms with Crippen molar-refractivity contribution in [3.05, 3.63) is 58.7 Å². The molecule has 140 valence electrons. The monoisotopic (exact) mass is 364 g/mol. The normalized spacial score (nSPS) is 10.9. The number of carbonyl (C=O) groups excluding carboxylic acids is 1. The van der Waals surface area contributed by atoms with Crippen molar-refractivity contribution in [2.75, 3.05) is 19.0 Å². The minimum atomic E-state index is -0.455. The Kier molecular flexibility index (Phi) is 7.01. The fourth-order valence-electron chi connectivity index (χ4n) is 2.46. The number of anilines is 1. The number of carbonyl (C=O) groups is 1. The Morgan fingerprint density at radius 2 is 2.00 bits per heavy atom. The summed E-state index contributed by atoms with van der Waals surface area (Å²) in [7, 11) is 1.58. The highest BCUT2D eigenvalue weighted by Gasteiger charge is 2.13. The maximum Gasteiger partial charge on any atom is 0.266 e. The third-order valence-electron chi connectivity index (χ3n) is 3.99. The summed E-state index contributed by atoms with van der Waals surface area (Å²) < 4.78 is 11.0. The Morgan fingerprint density at radius 1 is 1.22 bits per heavy atom. The van der Waals surface area contributed by atoms with E-state index in [4.69, 9.17) is 9.47 Å². The average Bonchev–Trinajstić information content (AvgIpc) is 2.67. The van der Waals surface area contributed by atoms with Gasteiger partial charge in [-0.2, -0.15) is 5.26 Å². The van der Waals surface area contributed by atoms with Gasteiger partial charge in [-0.15, -0.1) is 0 Å². The molecule has 2 aromatic rings. The molecule has 0 aliphatic heterocycles. The summed E-state index contributed by atoms with van der Waals surface area (Å²) in [6.45, 7) is 6.40. The molecule has 0 radical (unpaired) electrons. The van der Waals surface area contributed by atoms with Crippen LogP contribution in [0, 0.1) is 25.2 Å². The standard InChI is InChI=1S/C22H24N2O3/c1-5-10-27-21-13-19(26-4)9-8-17(21)12-18(14-23)22(25)24-20-11-15(2)6-7-16(20)3/h6-9,11-13H,5,10H2,1-4H3,(H,24,25)/b18-12+. The molecule has 0 unspecified atom stereocenters. The predicted octanol–water partition coefficient (Wildman–Crippen LogP) is 4.65. The van der Waals surface area contributed by atoms with Gasteiger partial charge in [0.05, 0.1) is 13.7 Å². The second-order valence-corrected chi connectivity index (χ2v) is 6.19. The van der Waals surface area contributed by atoms with Gasteiger partial charge in [0.15, 0.2) is 0 Å². The molecule has 1 amide bonds. The first-order valence-corrected chi connectivity index (χ1v) is 8.79. The van der Waals surface area contributed by atoms with Gasteiger partial charge in [-0.05, 0) is 55.7 Å². The zero-order chi connectivity index (χ0) is 19.8. The minimum absolute atomic E-state index is 0.00224. The van der Waals surface area contributed by atoms with E-state index in [0.717, 1.165) is 17.5 Å². The van der Waals surface area contributed by atoms with Crippen molar-refractivity contribution in [2.24, 2.45) is 0 Å². The highest BCUT2D eigenvalue weighted by molar-refractivity contribution is 6.10. The van der Waals surface area contributed by atoms with Crippen molar-refractivity contribution >= 4 is 17.7 Å². The second-order valence-electron chi connectivity index (χ2n) is 6.19. The molecule has 2 aromatic carbocycles. The quantitative estimate of drug-likeness (QED) is 0.573. The van der Waals surface area contributed by atoms with Crippen LogP contribution in [0.1, 0.15) is 30.0 Å². The third kappa shape index (κ3) is 5.35. The molecule has 0 saturated carbocycles. The van der Waals surface area contributed by atoms with Crippen LogP contribution in [0.3, 0.4) is 0 Å². The van der Waals surface area contributed by atoms with Gasteiger partial charge >= 0.3 is 0 Å². The van der Waals surface area contributed by atoms with Crippen LogP contribution in [0.2, 0.25) is 0 Å². The van der Waals surface area contributed by atoms with E-state index in [1.807, 2.05) is 45.0 Å². The maximum atomic E-state index is 12.6. The number of nitrogens with one attached hydrogen (secondary N) is 1. The number of rotatable bonds is 7. The highest BCUT2D eigenvalue weighted by Crippen LogP contribution is 2.27. The molecule has 0 aromatic heterocycles. The summed E-state index contributed by atoms with van der Waals surface area (Å²) in [5, 5.41) is 12.3. The van der Waals surface area contributed by atoms with Gasteiger partial charge < -0.3 is 14.8 Å². The molecule has 5 heteroatoms. The summed E-state index contributed by atoms with van der Waals surface area (Å²) in [6.07, 6.45) is 2.38. The summed E-state index contributed by atoms with van der Waals surface area (Å²) in [4.78, 5) is 12.6. The van der Waals surface area contributed by atoms with E-state index in [1.54, 1.807) is 25.3 Å². The molecule has 2 rings (SSSR count). The van der Waals surface area contributed by atoms with Crippen molar-refractivity contribution in [3.63, 3.8) is 0 Å². The van der Waals surface area contributed by atoms with Gasteiger partial charge in [0.1, 0.15) is 23.1 Å². The lowest BCUT2D eigenvalue weighted by molar-refractivity contribution is -0.112. The first-order valence-electron chi connectivity index (χ1n) is 8.79. The lowest BCUT2D eigenvalue weighted by atomic mass is 10.1. The van der Waals surface area contributed by atoms with Gasteiger partial charge in [-0.3, -0.25) is 4.79 Å². The van der Waals surface area contributed by atoms with Crippen LogP contribution in [-0.2, 0) is 4.79 Å². The number of nitrogens with zero attached hydrogens (tertiary/aromatic N) is 1. The van der Waals surface area contributed by atoms with Crippen LogP contribution >= 0.6 is 0 Å². The Morgan fingerprint density at radius 3 is 2.67 bits per heavy atom. The zero-order valence-electron chi connectivity index (χ0n) is 16.1. The lowest BCUT2D eigenvalue weighted by Gasteiger charge is -2.11. The molecule has 0 saturated heterocycles. The lowest BCUT2D eigenvalue weighted by Crippen LogP contribution is -2.14. The van der Waals surface area contributed by atoms with Gasteiger partial charge in [-0.25, -0.2) is 0 Å². The summed E-state index contributed by atoms with van der Waals surface area (Å²) in [5.41, 5.74) is 3.31. The van der Waals surface area contributed by atoms with Gasteiger partial charge in [0.25, 0.3) is 5.91 Å². The number of nitriles is 1. The smallest absolute Gasteiger partial charge is 0.266 e. The van der Waals surface area contributed by atoms with Crippen molar-refractivity contribution in [1.82, 2.24) is 0 Å². The van der Waals surface area contributed by atoms with Crippen LogP contribution in [0.5, 0.6) is 11.5 Å². The Labute approximate surface area is 160 Å². The van der Waals surface area contributed by atoms with Crippen LogP contribution in [0.25, 0.3) is 6.08 Å². The van der Waals surface area contributed by atoms with E-state index in [-0.39, 0.29) is 5.57 Å². The van der Waals surface area contributed by atoms with Crippen molar-refractivity contribution in [1.29, 1.82) is 5.26 Å². The highest BCUT2D eigenvalue weighted by atomic mass is 16.5. The number of ether oxygens (including phenoxy) is 2. The van der Waals surface area contributed by atoms with E-state index in [9.17, 15) is 10.1 Å². The average molecular weight is 364 g/mol. The summed E-state index contributed by atoms with van der Waals surface area (Å²) >= 11 is 0. The number of methoxy groups -OCH3 is 1. The molecule has 0 aliphatic carbocycles. The van der Waals surface area contributed by atoms with Crippen molar-refractivity contribution in [3.8, 4) is 17.6 Å². The van der Waals surface area contributed by atoms with E-state index in [2.05, 4.69) is 5.32 Å². The van der Waals surface area contributed by atoms with Crippen molar-refractivity contribution in [2.45, 2.75) is 27.2 Å². The SMILES string of the molecule is CCCOc1cc(OC)ccc1/C=C(\C#N)C(=O)Nc1cc(C)ccc1C. The molecule has 5 nitrogen and oxygen atoms in total. The second kappa shape index (κ2) is 9.44. The number of aryl methyl sites for hydroxylation is 2. The van der Waals surface area contributed by atoms with Crippen LogP contribution in [-0.4, -0.2) is 19.6 Å². The molecule has 1 N–H and O–H groups in total. The predicted molar refractivity (Wildman–Crippen MR) is 107 cm³/mol. The van der Waals surface area contributed by atoms with E-state index < -0.39 is 5.91 Å². The molecule has 0 bridgehead atoms. The molecule has 0 spiro atoms. The van der Waals surface area contributed by atoms with E-state index in [1.165, 1.54) is 6.08 Å². The van der Waals surface area contributed by atoms with E-state index in [0.29, 0.717) is 29.4 Å². The summed E-state index contributed by atoms with van der Waals surface area (Å²) in [5.74, 6) is 0.767. The fraction of sp³-hybridized carbons (Fsp3) is 0.273. The molecular weight excluding hydrogens is 340 g/mol. The molecule has 0 aliphatic rings. The Balaban J connectivity index is 2.33. The van der Waals surface area contributed by atoms with Crippen molar-refractivity contribution < 1.29 is 14.3 Å². The Hall–Kier alpha value is -3.26. The fourth-order valence-corrected chi connectivity index (χ4v) is 2.46. The number of amides is 1. The number of hydrogen-bond acceptors (Lipinski definition) is 4. The first-order chi connectivity index (χ1) is 13.0. The van der Waals surface area contributed by atoms with E-state index >= 15 is 0 Å². The number of benzene rings is 2. The largest absolute Gasteiger partial charge is 0.497 e. The topological polar surface area (TPSA) is 71.3 Å². The number of hydrogen-bond donors (Lipinski definition) is 1. The van der Waals surface area contributed by atoms with Gasteiger partial charge in [0, 0.05) is 17.3 Å². The molecule has 27 heavy (non-hydrogen) atoms. The van der Waals surface area contributed by atoms with Crippen LogP contribution in [0.15, 0.2) is 42.0 Å². The minimum Gasteiger partial charge on any atom is -0.497 e. The third-order valence-corrected chi connectivity index (χ3v) is 3.99. The maximum absolute atomic E-state index is 12.6. The zero-order valence-corrected chi connectivity index (χ0v) is 16.1. The van der Waals surface area contributed by atoms with Gasteiger partial charge in [-0.1, -0.05) is 19.1 Å². The van der Waals surface area contributed by atoms with Crippen LogP contribution < -0.4 is 14.8 Å². The van der Waals surface area contributed by atoms with Crippen LogP contribution in [0.4, 0.5) is 5.69 Å². The first kappa shape index (κ1) is 20.1. The Bertz CT molecular complexity index is 895.